The van der Waals surface area contributed by atoms with Crippen LogP contribution in [-0.2, 0) is 11.3 Å². The molecule has 3 atom stereocenters. The average molecular weight is 240 g/mol. The maximum absolute atomic E-state index is 9.56. The second-order valence-electron chi connectivity index (χ2n) is 4.22. The topological polar surface area (TPSA) is 69.9 Å². The van der Waals surface area contributed by atoms with Crippen LogP contribution in [0.1, 0.15) is 18.9 Å². The minimum atomic E-state index is -0.965. The van der Waals surface area contributed by atoms with Gasteiger partial charge in [0.1, 0.15) is 6.10 Å². The second kappa shape index (κ2) is 7.40. The standard InChI is InChI=1S/C13H20O4/c1-10(14)7-12(15)13(16)9-17-8-11-5-3-2-4-6-11/h2-6,10,12-16H,7-9H2,1H3/t10-,12+,13+/m1/s1. The van der Waals surface area contributed by atoms with E-state index in [4.69, 9.17) is 9.84 Å². The van der Waals surface area contributed by atoms with Gasteiger partial charge in [0.05, 0.1) is 25.4 Å². The average Bonchev–Trinajstić information content (AvgIpc) is 2.29. The highest BCUT2D eigenvalue weighted by molar-refractivity contribution is 5.13. The number of ether oxygens (including phenoxy) is 1. The summed E-state index contributed by atoms with van der Waals surface area (Å²) in [6, 6.07) is 9.61. The van der Waals surface area contributed by atoms with Gasteiger partial charge in [-0.25, -0.2) is 0 Å². The molecule has 0 aliphatic heterocycles. The molecule has 0 aliphatic carbocycles. The van der Waals surface area contributed by atoms with Gasteiger partial charge in [0.2, 0.25) is 0 Å². The van der Waals surface area contributed by atoms with Crippen LogP contribution in [0.5, 0.6) is 0 Å². The molecule has 0 aliphatic rings. The summed E-state index contributed by atoms with van der Waals surface area (Å²) in [4.78, 5) is 0. The Bertz CT molecular complexity index is 300. The fraction of sp³-hybridized carbons (Fsp3) is 0.538. The first kappa shape index (κ1) is 14.1. The predicted molar refractivity (Wildman–Crippen MR) is 64.4 cm³/mol. The van der Waals surface area contributed by atoms with Crippen molar-refractivity contribution in [3.8, 4) is 0 Å². The number of aliphatic hydroxyl groups excluding tert-OH is 3. The van der Waals surface area contributed by atoms with Crippen molar-refractivity contribution in [3.63, 3.8) is 0 Å². The van der Waals surface area contributed by atoms with E-state index in [9.17, 15) is 10.2 Å². The van der Waals surface area contributed by atoms with E-state index in [1.807, 2.05) is 30.3 Å². The largest absolute Gasteiger partial charge is 0.393 e. The van der Waals surface area contributed by atoms with Gasteiger partial charge in [-0.15, -0.1) is 0 Å². The molecular formula is C13H20O4. The molecule has 0 saturated carbocycles. The smallest absolute Gasteiger partial charge is 0.103 e. The Morgan fingerprint density at radius 1 is 1.06 bits per heavy atom. The monoisotopic (exact) mass is 240 g/mol. The Balaban J connectivity index is 2.22. The molecule has 4 nitrogen and oxygen atoms in total. The lowest BCUT2D eigenvalue weighted by Crippen LogP contribution is -2.32. The zero-order valence-corrected chi connectivity index (χ0v) is 9.99. The molecular weight excluding hydrogens is 220 g/mol. The highest BCUT2D eigenvalue weighted by Crippen LogP contribution is 2.06. The highest BCUT2D eigenvalue weighted by Gasteiger charge is 2.18. The van der Waals surface area contributed by atoms with Crippen LogP contribution >= 0.6 is 0 Å². The van der Waals surface area contributed by atoms with Crippen LogP contribution in [0, 0.1) is 0 Å². The summed E-state index contributed by atoms with van der Waals surface area (Å²) in [6.45, 7) is 2.03. The first-order valence-corrected chi connectivity index (χ1v) is 5.75. The van der Waals surface area contributed by atoms with Crippen molar-refractivity contribution in [1.29, 1.82) is 0 Å². The Morgan fingerprint density at radius 2 is 1.71 bits per heavy atom. The Kier molecular flexibility index (Phi) is 6.15. The van der Waals surface area contributed by atoms with Gasteiger partial charge >= 0.3 is 0 Å². The Labute approximate surface area is 101 Å². The second-order valence-corrected chi connectivity index (χ2v) is 4.22. The molecule has 0 amide bonds. The summed E-state index contributed by atoms with van der Waals surface area (Å²) in [5.41, 5.74) is 1.02. The summed E-state index contributed by atoms with van der Waals surface area (Å²) < 4.78 is 5.29. The SMILES string of the molecule is C[C@@H](O)C[C@H](O)[C@@H](O)COCc1ccccc1. The van der Waals surface area contributed by atoms with E-state index in [1.54, 1.807) is 6.92 Å². The normalized spacial score (nSPS) is 16.5. The van der Waals surface area contributed by atoms with Crippen molar-refractivity contribution < 1.29 is 20.1 Å². The molecule has 0 unspecified atom stereocenters. The van der Waals surface area contributed by atoms with Crippen molar-refractivity contribution in [3.05, 3.63) is 35.9 Å². The van der Waals surface area contributed by atoms with Crippen LogP contribution < -0.4 is 0 Å². The number of hydrogen-bond acceptors (Lipinski definition) is 4. The van der Waals surface area contributed by atoms with Gasteiger partial charge in [0, 0.05) is 6.42 Å². The van der Waals surface area contributed by atoms with Gasteiger partial charge in [-0.1, -0.05) is 30.3 Å². The molecule has 1 aromatic rings. The van der Waals surface area contributed by atoms with Crippen molar-refractivity contribution in [1.82, 2.24) is 0 Å². The summed E-state index contributed by atoms with van der Waals surface area (Å²) in [7, 11) is 0. The summed E-state index contributed by atoms with van der Waals surface area (Å²) >= 11 is 0. The van der Waals surface area contributed by atoms with E-state index in [0.29, 0.717) is 6.61 Å². The molecule has 0 heterocycles. The molecule has 17 heavy (non-hydrogen) atoms. The van der Waals surface area contributed by atoms with E-state index in [-0.39, 0.29) is 13.0 Å². The molecule has 4 heteroatoms. The van der Waals surface area contributed by atoms with Crippen LogP contribution in [0.2, 0.25) is 0 Å². The molecule has 0 fully saturated rings. The number of rotatable bonds is 7. The zero-order valence-electron chi connectivity index (χ0n) is 9.99. The first-order valence-electron chi connectivity index (χ1n) is 5.75. The minimum absolute atomic E-state index is 0.0583. The highest BCUT2D eigenvalue weighted by atomic mass is 16.5. The zero-order chi connectivity index (χ0) is 12.7. The first-order chi connectivity index (χ1) is 8.09. The van der Waals surface area contributed by atoms with E-state index in [1.165, 1.54) is 0 Å². The van der Waals surface area contributed by atoms with Crippen molar-refractivity contribution in [2.45, 2.75) is 38.3 Å². The molecule has 96 valence electrons. The maximum atomic E-state index is 9.56. The number of benzene rings is 1. The van der Waals surface area contributed by atoms with E-state index in [0.717, 1.165) is 5.56 Å². The fourth-order valence-electron chi connectivity index (χ4n) is 1.49. The van der Waals surface area contributed by atoms with Crippen LogP contribution in [0.15, 0.2) is 30.3 Å². The molecule has 0 bridgehead atoms. The number of aliphatic hydroxyl groups is 3. The van der Waals surface area contributed by atoms with Crippen LogP contribution in [0.25, 0.3) is 0 Å². The van der Waals surface area contributed by atoms with Gasteiger partial charge in [0.25, 0.3) is 0 Å². The third-order valence-corrected chi connectivity index (χ3v) is 2.43. The van der Waals surface area contributed by atoms with Crippen LogP contribution in [-0.4, -0.2) is 40.2 Å². The Hall–Kier alpha value is -0.940. The third-order valence-electron chi connectivity index (χ3n) is 2.43. The third kappa shape index (κ3) is 5.79. The van der Waals surface area contributed by atoms with E-state index >= 15 is 0 Å². The molecule has 1 aromatic carbocycles. The lowest BCUT2D eigenvalue weighted by Gasteiger charge is -2.19. The van der Waals surface area contributed by atoms with Crippen LogP contribution in [0.4, 0.5) is 0 Å². The minimum Gasteiger partial charge on any atom is -0.393 e. The van der Waals surface area contributed by atoms with Gasteiger partial charge in [-0.3, -0.25) is 0 Å². The Morgan fingerprint density at radius 3 is 2.29 bits per heavy atom. The van der Waals surface area contributed by atoms with E-state index < -0.39 is 18.3 Å². The molecule has 0 aromatic heterocycles. The van der Waals surface area contributed by atoms with Crippen molar-refractivity contribution >= 4 is 0 Å². The summed E-state index contributed by atoms with van der Waals surface area (Å²) in [5, 5.41) is 28.1. The van der Waals surface area contributed by atoms with Crippen molar-refractivity contribution in [2.75, 3.05) is 6.61 Å². The lowest BCUT2D eigenvalue weighted by atomic mass is 10.1. The van der Waals surface area contributed by atoms with Crippen LogP contribution in [0.3, 0.4) is 0 Å². The van der Waals surface area contributed by atoms with Gasteiger partial charge in [-0.05, 0) is 12.5 Å². The molecule has 1 rings (SSSR count). The molecule has 3 N–H and O–H groups in total. The van der Waals surface area contributed by atoms with Crippen molar-refractivity contribution in [2.24, 2.45) is 0 Å². The van der Waals surface area contributed by atoms with Gasteiger partial charge in [-0.2, -0.15) is 0 Å². The summed E-state index contributed by atoms with van der Waals surface area (Å²) in [6.07, 6.45) is -2.40. The van der Waals surface area contributed by atoms with E-state index in [2.05, 4.69) is 0 Å². The van der Waals surface area contributed by atoms with Gasteiger partial charge in [0.15, 0.2) is 0 Å². The quantitative estimate of drug-likeness (QED) is 0.656. The predicted octanol–water partition coefficient (Wildman–Crippen LogP) is 0.696. The fourth-order valence-corrected chi connectivity index (χ4v) is 1.49. The molecule has 0 spiro atoms. The molecule has 0 saturated heterocycles. The molecule has 0 radical (unpaired) electrons. The lowest BCUT2D eigenvalue weighted by molar-refractivity contribution is -0.0560. The maximum Gasteiger partial charge on any atom is 0.103 e. The number of hydrogen-bond donors (Lipinski definition) is 3. The summed E-state index contributed by atoms with van der Waals surface area (Å²) in [5.74, 6) is 0. The van der Waals surface area contributed by atoms with Gasteiger partial charge < -0.3 is 20.1 Å².